The molecule has 0 saturated heterocycles. The van der Waals surface area contributed by atoms with Gasteiger partial charge in [-0.1, -0.05) is 23.2 Å². The predicted octanol–water partition coefficient (Wildman–Crippen LogP) is 4.73. The van der Waals surface area contributed by atoms with E-state index in [1.54, 1.807) is 12.1 Å². The van der Waals surface area contributed by atoms with E-state index in [0.29, 0.717) is 18.5 Å². The largest absolute Gasteiger partial charge is 0.418 e. The van der Waals surface area contributed by atoms with Gasteiger partial charge in [-0.05, 0) is 37.1 Å². The van der Waals surface area contributed by atoms with Crippen LogP contribution in [0.2, 0.25) is 10.0 Å². The first-order valence-electron chi connectivity index (χ1n) is 6.18. The standard InChI is InChI=1S/C14H12Cl2F3NO/c15-9-7-11(14(17,18)19)13(12(16)8-9)20-5-1-3-10(20)4-2-6-21/h1,3,5,7-8,21H,2,4,6H2. The van der Waals surface area contributed by atoms with E-state index in [4.69, 9.17) is 28.3 Å². The van der Waals surface area contributed by atoms with Gasteiger partial charge in [0.05, 0.1) is 16.3 Å². The second-order valence-corrected chi connectivity index (χ2v) is 5.32. The highest BCUT2D eigenvalue weighted by Gasteiger charge is 2.35. The van der Waals surface area contributed by atoms with Crippen LogP contribution in [0.15, 0.2) is 30.5 Å². The van der Waals surface area contributed by atoms with E-state index in [0.717, 1.165) is 6.07 Å². The van der Waals surface area contributed by atoms with Crippen LogP contribution in [0.5, 0.6) is 0 Å². The van der Waals surface area contributed by atoms with E-state index < -0.39 is 11.7 Å². The maximum absolute atomic E-state index is 13.2. The lowest BCUT2D eigenvalue weighted by molar-refractivity contribution is -0.137. The lowest BCUT2D eigenvalue weighted by Crippen LogP contribution is -2.12. The maximum atomic E-state index is 13.2. The Labute approximate surface area is 129 Å². The molecular formula is C14H12Cl2F3NO. The minimum atomic E-state index is -4.57. The summed E-state index contributed by atoms with van der Waals surface area (Å²) in [6.45, 7) is -0.0361. The van der Waals surface area contributed by atoms with E-state index >= 15 is 0 Å². The topological polar surface area (TPSA) is 25.2 Å². The van der Waals surface area contributed by atoms with Gasteiger partial charge in [0.15, 0.2) is 0 Å². The quantitative estimate of drug-likeness (QED) is 0.857. The monoisotopic (exact) mass is 337 g/mol. The first-order valence-corrected chi connectivity index (χ1v) is 6.94. The highest BCUT2D eigenvalue weighted by molar-refractivity contribution is 6.36. The molecule has 0 saturated carbocycles. The number of aliphatic hydroxyl groups is 1. The van der Waals surface area contributed by atoms with Crippen LogP contribution in [0.1, 0.15) is 17.7 Å². The van der Waals surface area contributed by atoms with Crippen molar-refractivity contribution < 1.29 is 18.3 Å². The Morgan fingerprint density at radius 1 is 1.19 bits per heavy atom. The van der Waals surface area contributed by atoms with E-state index in [1.165, 1.54) is 16.8 Å². The molecule has 114 valence electrons. The summed E-state index contributed by atoms with van der Waals surface area (Å²) in [7, 11) is 0. The van der Waals surface area contributed by atoms with E-state index in [2.05, 4.69) is 0 Å². The highest BCUT2D eigenvalue weighted by atomic mass is 35.5. The van der Waals surface area contributed by atoms with Gasteiger partial charge in [-0.25, -0.2) is 0 Å². The predicted molar refractivity (Wildman–Crippen MR) is 76.2 cm³/mol. The Morgan fingerprint density at radius 2 is 1.90 bits per heavy atom. The fraction of sp³-hybridized carbons (Fsp3) is 0.286. The molecule has 0 spiro atoms. The lowest BCUT2D eigenvalue weighted by atomic mass is 10.1. The van der Waals surface area contributed by atoms with Crippen molar-refractivity contribution in [3.8, 4) is 5.69 Å². The molecule has 0 aliphatic heterocycles. The van der Waals surface area contributed by atoms with Crippen molar-refractivity contribution in [1.82, 2.24) is 4.57 Å². The average Bonchev–Trinajstić information content (AvgIpc) is 2.82. The van der Waals surface area contributed by atoms with Crippen LogP contribution in [0, 0.1) is 0 Å². The zero-order valence-corrected chi connectivity index (χ0v) is 12.3. The van der Waals surface area contributed by atoms with Gasteiger partial charge in [0, 0.05) is 23.5 Å². The molecule has 1 heterocycles. The maximum Gasteiger partial charge on any atom is 0.418 e. The summed E-state index contributed by atoms with van der Waals surface area (Å²) in [5, 5.41) is 8.73. The summed E-state index contributed by atoms with van der Waals surface area (Å²) in [6, 6.07) is 5.47. The minimum absolute atomic E-state index is 0.0361. The number of alkyl halides is 3. The fourth-order valence-corrected chi connectivity index (χ4v) is 2.71. The average molecular weight is 338 g/mol. The molecular weight excluding hydrogens is 326 g/mol. The molecule has 0 unspecified atom stereocenters. The molecule has 0 radical (unpaired) electrons. The van der Waals surface area contributed by atoms with E-state index in [-0.39, 0.29) is 22.3 Å². The molecule has 7 heteroatoms. The zero-order valence-electron chi connectivity index (χ0n) is 10.8. The molecule has 1 aromatic heterocycles. The van der Waals surface area contributed by atoms with Gasteiger partial charge < -0.3 is 9.67 Å². The smallest absolute Gasteiger partial charge is 0.396 e. The van der Waals surface area contributed by atoms with Crippen molar-refractivity contribution in [3.05, 3.63) is 51.8 Å². The number of rotatable bonds is 4. The molecule has 0 atom stereocenters. The number of aromatic nitrogens is 1. The van der Waals surface area contributed by atoms with Crippen LogP contribution >= 0.6 is 23.2 Å². The Hall–Kier alpha value is -1.17. The molecule has 1 aromatic carbocycles. The molecule has 2 nitrogen and oxygen atoms in total. The van der Waals surface area contributed by atoms with E-state index in [1.807, 2.05) is 0 Å². The minimum Gasteiger partial charge on any atom is -0.396 e. The van der Waals surface area contributed by atoms with Gasteiger partial charge in [0.1, 0.15) is 0 Å². The Kier molecular flexibility index (Phi) is 4.86. The van der Waals surface area contributed by atoms with Crippen LogP contribution in [0.3, 0.4) is 0 Å². The van der Waals surface area contributed by atoms with Crippen LogP contribution in [-0.2, 0) is 12.6 Å². The van der Waals surface area contributed by atoms with Crippen molar-refractivity contribution in [2.45, 2.75) is 19.0 Å². The van der Waals surface area contributed by atoms with Crippen LogP contribution < -0.4 is 0 Å². The second kappa shape index (κ2) is 6.30. The van der Waals surface area contributed by atoms with Gasteiger partial charge in [-0.2, -0.15) is 13.2 Å². The van der Waals surface area contributed by atoms with Gasteiger partial charge in [0.25, 0.3) is 0 Å². The third-order valence-corrected chi connectivity index (χ3v) is 3.51. The SMILES string of the molecule is OCCCc1cccn1-c1c(Cl)cc(Cl)cc1C(F)(F)F. The molecule has 2 rings (SSSR count). The summed E-state index contributed by atoms with van der Waals surface area (Å²) in [6.07, 6.45) is -2.16. The third-order valence-electron chi connectivity index (χ3n) is 3.00. The summed E-state index contributed by atoms with van der Waals surface area (Å²) < 4.78 is 41.0. The summed E-state index contributed by atoms with van der Waals surface area (Å²) >= 11 is 11.7. The molecule has 21 heavy (non-hydrogen) atoms. The van der Waals surface area contributed by atoms with Gasteiger partial charge in [-0.3, -0.25) is 0 Å². The van der Waals surface area contributed by atoms with Crippen molar-refractivity contribution in [2.75, 3.05) is 6.61 Å². The highest BCUT2D eigenvalue weighted by Crippen LogP contribution is 2.40. The number of hydrogen-bond acceptors (Lipinski definition) is 1. The van der Waals surface area contributed by atoms with Crippen LogP contribution in [-0.4, -0.2) is 16.3 Å². The molecule has 0 fully saturated rings. The summed E-state index contributed by atoms with van der Waals surface area (Å²) in [5.74, 6) is 0. The van der Waals surface area contributed by atoms with Gasteiger partial charge in [-0.15, -0.1) is 0 Å². The Bertz CT molecular complexity index is 638. The van der Waals surface area contributed by atoms with Gasteiger partial charge in [0.2, 0.25) is 0 Å². The molecule has 2 aromatic rings. The molecule has 0 aliphatic rings. The molecule has 0 aliphatic carbocycles. The number of benzene rings is 1. The fourth-order valence-electron chi connectivity index (χ4n) is 2.13. The first-order chi connectivity index (χ1) is 9.84. The van der Waals surface area contributed by atoms with E-state index in [9.17, 15) is 13.2 Å². The Balaban J connectivity index is 2.61. The number of halogens is 5. The first kappa shape index (κ1) is 16.2. The number of hydrogen-bond donors (Lipinski definition) is 1. The van der Waals surface area contributed by atoms with Crippen LogP contribution in [0.25, 0.3) is 5.69 Å². The number of aryl methyl sites for hydroxylation is 1. The number of nitrogens with zero attached hydrogens (tertiary/aromatic N) is 1. The van der Waals surface area contributed by atoms with Crippen molar-refractivity contribution >= 4 is 23.2 Å². The zero-order chi connectivity index (χ0) is 15.6. The van der Waals surface area contributed by atoms with Gasteiger partial charge >= 0.3 is 6.18 Å². The number of aliphatic hydroxyl groups excluding tert-OH is 1. The molecule has 0 bridgehead atoms. The second-order valence-electron chi connectivity index (χ2n) is 4.48. The summed E-state index contributed by atoms with van der Waals surface area (Å²) in [4.78, 5) is 0. The third kappa shape index (κ3) is 3.54. The van der Waals surface area contributed by atoms with Crippen molar-refractivity contribution in [1.29, 1.82) is 0 Å². The normalized spacial score (nSPS) is 11.9. The molecule has 0 amide bonds. The lowest BCUT2D eigenvalue weighted by Gasteiger charge is -2.18. The summed E-state index contributed by atoms with van der Waals surface area (Å²) in [5.41, 5.74) is -0.397. The Morgan fingerprint density at radius 3 is 2.52 bits per heavy atom. The molecule has 1 N–H and O–H groups in total. The van der Waals surface area contributed by atoms with Crippen molar-refractivity contribution in [3.63, 3.8) is 0 Å². The van der Waals surface area contributed by atoms with Crippen molar-refractivity contribution in [2.24, 2.45) is 0 Å². The van der Waals surface area contributed by atoms with Crippen LogP contribution in [0.4, 0.5) is 13.2 Å².